The first kappa shape index (κ1) is 15.7. The van der Waals surface area contributed by atoms with E-state index in [1.165, 1.54) is 11.1 Å². The second-order valence-corrected chi connectivity index (χ2v) is 4.31. The van der Waals surface area contributed by atoms with Crippen molar-refractivity contribution in [1.82, 2.24) is 0 Å². The predicted octanol–water partition coefficient (Wildman–Crippen LogP) is -1.03. The van der Waals surface area contributed by atoms with E-state index in [1.54, 1.807) is 0 Å². The number of hydrogen-bond donors (Lipinski definition) is 1. The molecule has 0 aliphatic heterocycles. The van der Waals surface area contributed by atoms with Crippen molar-refractivity contribution in [3.63, 3.8) is 0 Å². The van der Waals surface area contributed by atoms with Gasteiger partial charge in [0.2, 0.25) is 0 Å². The van der Waals surface area contributed by atoms with Gasteiger partial charge in [-0.05, 0) is 5.56 Å². The number of rotatable bonds is 7. The van der Waals surface area contributed by atoms with Crippen LogP contribution in [-0.4, -0.2) is 13.2 Å². The molecule has 3 heteroatoms. The van der Waals surface area contributed by atoms with Crippen LogP contribution in [0.1, 0.15) is 11.1 Å². The lowest BCUT2D eigenvalue weighted by Gasteiger charge is -2.04. The van der Waals surface area contributed by atoms with Crippen LogP contribution in [0.4, 0.5) is 0 Å². The van der Waals surface area contributed by atoms with Gasteiger partial charge in [0.15, 0.2) is 0 Å². The molecule has 0 aliphatic rings. The minimum Gasteiger partial charge on any atom is -1.00 e. The van der Waals surface area contributed by atoms with Crippen molar-refractivity contribution in [2.45, 2.75) is 13.2 Å². The van der Waals surface area contributed by atoms with Crippen molar-refractivity contribution in [3.05, 3.63) is 71.8 Å². The fraction of sp³-hybridized carbons (Fsp3) is 0.250. The SMILES string of the molecule is [Cl-].c1ccc(C[NH2+]CCOCc2ccccc2)cc1. The normalized spacial score (nSPS) is 9.89. The summed E-state index contributed by atoms with van der Waals surface area (Å²) in [5.41, 5.74) is 2.60. The van der Waals surface area contributed by atoms with E-state index in [9.17, 15) is 0 Å². The van der Waals surface area contributed by atoms with Gasteiger partial charge in [-0.2, -0.15) is 0 Å². The quantitative estimate of drug-likeness (QED) is 0.644. The molecule has 0 radical (unpaired) electrons. The number of ether oxygens (including phenoxy) is 1. The van der Waals surface area contributed by atoms with Crippen LogP contribution in [0.2, 0.25) is 0 Å². The number of benzene rings is 2. The molecule has 0 bridgehead atoms. The van der Waals surface area contributed by atoms with Crippen molar-refractivity contribution in [3.8, 4) is 0 Å². The van der Waals surface area contributed by atoms with Crippen LogP contribution >= 0.6 is 0 Å². The van der Waals surface area contributed by atoms with Gasteiger partial charge in [-0.1, -0.05) is 60.7 Å². The Balaban J connectivity index is 0.00000180. The summed E-state index contributed by atoms with van der Waals surface area (Å²) >= 11 is 0. The average molecular weight is 278 g/mol. The lowest BCUT2D eigenvalue weighted by atomic mass is 10.2. The molecule has 0 spiro atoms. The van der Waals surface area contributed by atoms with Gasteiger partial charge in [0.05, 0.1) is 19.8 Å². The monoisotopic (exact) mass is 277 g/mol. The molecule has 2 aromatic rings. The van der Waals surface area contributed by atoms with Crippen LogP contribution in [-0.2, 0) is 17.9 Å². The summed E-state index contributed by atoms with van der Waals surface area (Å²) in [6.07, 6.45) is 0. The van der Waals surface area contributed by atoms with Crippen molar-refractivity contribution in [2.75, 3.05) is 13.2 Å². The molecule has 0 fully saturated rings. The summed E-state index contributed by atoms with van der Waals surface area (Å²) in [5, 5.41) is 2.28. The lowest BCUT2D eigenvalue weighted by Crippen LogP contribution is -3.00. The highest BCUT2D eigenvalue weighted by molar-refractivity contribution is 5.13. The third kappa shape index (κ3) is 6.39. The Labute approximate surface area is 121 Å². The van der Waals surface area contributed by atoms with E-state index in [0.29, 0.717) is 6.61 Å². The zero-order valence-electron chi connectivity index (χ0n) is 11.0. The van der Waals surface area contributed by atoms with E-state index in [4.69, 9.17) is 4.74 Å². The summed E-state index contributed by atoms with van der Waals surface area (Å²) in [5.74, 6) is 0. The van der Waals surface area contributed by atoms with Crippen molar-refractivity contribution in [2.24, 2.45) is 0 Å². The van der Waals surface area contributed by atoms with Gasteiger partial charge in [-0.15, -0.1) is 0 Å². The summed E-state index contributed by atoms with van der Waals surface area (Å²) < 4.78 is 5.63. The summed E-state index contributed by atoms with van der Waals surface area (Å²) in [6, 6.07) is 20.8. The molecule has 0 saturated carbocycles. The maximum Gasteiger partial charge on any atom is 0.101 e. The Morgan fingerprint density at radius 2 is 1.37 bits per heavy atom. The Morgan fingerprint density at radius 3 is 2.00 bits per heavy atom. The van der Waals surface area contributed by atoms with Crippen LogP contribution in [0.15, 0.2) is 60.7 Å². The van der Waals surface area contributed by atoms with Gasteiger partial charge in [-0.3, -0.25) is 0 Å². The molecule has 2 nitrogen and oxygen atoms in total. The average Bonchev–Trinajstić information content (AvgIpc) is 2.45. The Hall–Kier alpha value is -1.35. The van der Waals surface area contributed by atoms with Gasteiger partial charge in [-0.25, -0.2) is 0 Å². The first-order valence-electron chi connectivity index (χ1n) is 6.42. The molecular weight excluding hydrogens is 258 g/mol. The largest absolute Gasteiger partial charge is 1.00 e. The van der Waals surface area contributed by atoms with Crippen LogP contribution in [0, 0.1) is 0 Å². The molecular formula is C16H20ClNO. The topological polar surface area (TPSA) is 25.8 Å². The summed E-state index contributed by atoms with van der Waals surface area (Å²) in [4.78, 5) is 0. The number of hydrogen-bond acceptors (Lipinski definition) is 1. The fourth-order valence-corrected chi connectivity index (χ4v) is 1.81. The smallest absolute Gasteiger partial charge is 0.101 e. The van der Waals surface area contributed by atoms with Gasteiger partial charge in [0.25, 0.3) is 0 Å². The maximum absolute atomic E-state index is 5.63. The summed E-state index contributed by atoms with van der Waals surface area (Å²) in [7, 11) is 0. The van der Waals surface area contributed by atoms with E-state index in [1.807, 2.05) is 24.3 Å². The highest BCUT2D eigenvalue weighted by Gasteiger charge is 1.95. The Kier molecular flexibility index (Phi) is 7.91. The van der Waals surface area contributed by atoms with Gasteiger partial charge < -0.3 is 22.5 Å². The molecule has 2 rings (SSSR count). The van der Waals surface area contributed by atoms with E-state index in [2.05, 4.69) is 41.7 Å². The third-order valence-corrected chi connectivity index (χ3v) is 2.80. The van der Waals surface area contributed by atoms with Crippen molar-refractivity contribution < 1.29 is 22.5 Å². The van der Waals surface area contributed by atoms with E-state index in [0.717, 1.165) is 19.7 Å². The Bertz CT molecular complexity index is 390. The molecule has 0 aromatic heterocycles. The molecule has 19 heavy (non-hydrogen) atoms. The van der Waals surface area contributed by atoms with E-state index in [-0.39, 0.29) is 12.4 Å². The maximum atomic E-state index is 5.63. The van der Waals surface area contributed by atoms with Crippen LogP contribution in [0.25, 0.3) is 0 Å². The lowest BCUT2D eigenvalue weighted by molar-refractivity contribution is -0.672. The molecule has 102 valence electrons. The zero-order valence-corrected chi connectivity index (χ0v) is 11.7. The van der Waals surface area contributed by atoms with Gasteiger partial charge in [0.1, 0.15) is 6.54 Å². The molecule has 0 amide bonds. The fourth-order valence-electron chi connectivity index (χ4n) is 1.81. The van der Waals surface area contributed by atoms with E-state index < -0.39 is 0 Å². The van der Waals surface area contributed by atoms with Crippen LogP contribution < -0.4 is 17.7 Å². The Morgan fingerprint density at radius 1 is 0.789 bits per heavy atom. The molecule has 0 unspecified atom stereocenters. The van der Waals surface area contributed by atoms with E-state index >= 15 is 0 Å². The van der Waals surface area contributed by atoms with Gasteiger partial charge in [0, 0.05) is 5.56 Å². The molecule has 2 N–H and O–H groups in total. The zero-order chi connectivity index (χ0) is 12.5. The van der Waals surface area contributed by atoms with Crippen LogP contribution in [0.3, 0.4) is 0 Å². The van der Waals surface area contributed by atoms with Crippen molar-refractivity contribution >= 4 is 0 Å². The number of quaternary nitrogens is 1. The molecule has 0 heterocycles. The summed E-state index contributed by atoms with van der Waals surface area (Å²) in [6.45, 7) is 3.53. The first-order chi connectivity index (χ1) is 8.95. The number of nitrogens with two attached hydrogens (primary N) is 1. The second-order valence-electron chi connectivity index (χ2n) is 4.31. The molecule has 0 saturated heterocycles. The highest BCUT2D eigenvalue weighted by Crippen LogP contribution is 1.99. The second kappa shape index (κ2) is 9.56. The molecule has 2 aromatic carbocycles. The first-order valence-corrected chi connectivity index (χ1v) is 6.42. The molecule has 0 aliphatic carbocycles. The third-order valence-electron chi connectivity index (χ3n) is 2.80. The number of halogens is 1. The minimum atomic E-state index is 0. The van der Waals surface area contributed by atoms with Crippen molar-refractivity contribution in [1.29, 1.82) is 0 Å². The standard InChI is InChI=1S/C16H19NO.ClH/c1-3-7-15(8-4-1)13-17-11-12-18-14-16-9-5-2-6-10-16;/h1-10,17H,11-14H2;1H. The van der Waals surface area contributed by atoms with Gasteiger partial charge >= 0.3 is 0 Å². The molecule has 0 atom stereocenters. The minimum absolute atomic E-state index is 0. The predicted molar refractivity (Wildman–Crippen MR) is 73.0 cm³/mol. The van der Waals surface area contributed by atoms with Crippen LogP contribution in [0.5, 0.6) is 0 Å². The highest BCUT2D eigenvalue weighted by atomic mass is 35.5.